The van der Waals surface area contributed by atoms with Gasteiger partial charge < -0.3 is 14.8 Å². The first-order valence-electron chi connectivity index (χ1n) is 14.2. The maximum Gasteiger partial charge on any atom is 0.391 e. The van der Waals surface area contributed by atoms with Gasteiger partial charge in [0, 0.05) is 45.3 Å². The van der Waals surface area contributed by atoms with Gasteiger partial charge in [-0.25, -0.2) is 0 Å². The summed E-state index contributed by atoms with van der Waals surface area (Å²) in [5, 5.41) is 3.85. The van der Waals surface area contributed by atoms with Crippen molar-refractivity contribution in [3.05, 3.63) is 0 Å². The van der Waals surface area contributed by atoms with Gasteiger partial charge in [-0.1, -0.05) is 0 Å². The van der Waals surface area contributed by atoms with Crippen LogP contribution in [0.3, 0.4) is 0 Å². The van der Waals surface area contributed by atoms with Crippen LogP contribution in [0.2, 0.25) is 0 Å². The van der Waals surface area contributed by atoms with Crippen molar-refractivity contribution in [2.45, 2.75) is 107 Å². The Bertz CT molecular complexity index is 687. The van der Waals surface area contributed by atoms with E-state index >= 15 is 0 Å². The van der Waals surface area contributed by atoms with Crippen molar-refractivity contribution in [1.82, 2.24) is 15.1 Å². The Hall–Kier alpha value is -0.410. The molecule has 5 nitrogen and oxygen atoms in total. The molecule has 0 aromatic rings. The standard InChI is InChI=1S/C27H46F3N3O2/c1-34-24-10-5-18(16-25(24)35-2)17-32-15-12-21-23(11-13-31-26(21)32)33-14-3-4-22(33)19-6-8-20(9-7-19)27(28,29)30/h18-26,31H,3-17H2,1-2H3. The Balaban J connectivity index is 1.18. The third-order valence-electron chi connectivity index (χ3n) is 10.3. The molecule has 0 spiro atoms. The smallest absolute Gasteiger partial charge is 0.379 e. The lowest BCUT2D eigenvalue weighted by atomic mass is 9.76. The van der Waals surface area contributed by atoms with Crippen LogP contribution in [0.25, 0.3) is 0 Å². The molecule has 3 saturated heterocycles. The highest BCUT2D eigenvalue weighted by molar-refractivity contribution is 5.01. The van der Waals surface area contributed by atoms with E-state index in [1.54, 1.807) is 14.2 Å². The Morgan fingerprint density at radius 2 is 1.60 bits per heavy atom. The number of alkyl halides is 3. The van der Waals surface area contributed by atoms with Crippen LogP contribution >= 0.6 is 0 Å². The van der Waals surface area contributed by atoms with Gasteiger partial charge in [-0.2, -0.15) is 13.2 Å². The molecule has 8 heteroatoms. The lowest BCUT2D eigenvalue weighted by Crippen LogP contribution is -2.59. The third kappa shape index (κ3) is 5.57. The molecule has 202 valence electrons. The third-order valence-corrected chi connectivity index (χ3v) is 10.3. The van der Waals surface area contributed by atoms with Crippen molar-refractivity contribution in [2.75, 3.05) is 40.4 Å². The predicted molar refractivity (Wildman–Crippen MR) is 130 cm³/mol. The zero-order valence-electron chi connectivity index (χ0n) is 21.6. The normalized spacial score (nSPS) is 44.0. The number of ether oxygens (including phenoxy) is 2. The highest BCUT2D eigenvalue weighted by Crippen LogP contribution is 2.45. The van der Waals surface area contributed by atoms with E-state index in [0.717, 1.165) is 51.9 Å². The van der Waals surface area contributed by atoms with E-state index in [1.165, 1.54) is 32.1 Å². The van der Waals surface area contributed by atoms with Crippen LogP contribution in [0.5, 0.6) is 0 Å². The quantitative estimate of drug-likeness (QED) is 0.573. The number of piperidine rings is 1. The molecule has 2 aliphatic carbocycles. The summed E-state index contributed by atoms with van der Waals surface area (Å²) < 4.78 is 51.0. The molecule has 3 heterocycles. The van der Waals surface area contributed by atoms with Gasteiger partial charge in [-0.05, 0) is 95.6 Å². The average Bonchev–Trinajstić information content (AvgIpc) is 3.51. The van der Waals surface area contributed by atoms with Gasteiger partial charge in [0.05, 0.1) is 24.3 Å². The maximum atomic E-state index is 13.2. The van der Waals surface area contributed by atoms with Crippen LogP contribution in [0.1, 0.15) is 70.6 Å². The van der Waals surface area contributed by atoms with Gasteiger partial charge in [0.2, 0.25) is 0 Å². The highest BCUT2D eigenvalue weighted by Gasteiger charge is 2.49. The Kier molecular flexibility index (Phi) is 8.34. The number of nitrogens with one attached hydrogen (secondary N) is 1. The van der Waals surface area contributed by atoms with Crippen LogP contribution in [0.15, 0.2) is 0 Å². The number of methoxy groups -OCH3 is 2. The van der Waals surface area contributed by atoms with Crippen LogP contribution in [0.4, 0.5) is 13.2 Å². The lowest BCUT2D eigenvalue weighted by molar-refractivity contribution is -0.185. The van der Waals surface area contributed by atoms with Crippen molar-refractivity contribution >= 4 is 0 Å². The molecule has 2 saturated carbocycles. The predicted octanol–water partition coefficient (Wildman–Crippen LogP) is 4.66. The van der Waals surface area contributed by atoms with E-state index in [2.05, 4.69) is 15.1 Å². The molecule has 0 radical (unpaired) electrons. The number of halogens is 3. The number of hydrogen-bond donors (Lipinski definition) is 1. The minimum Gasteiger partial charge on any atom is -0.379 e. The second-order valence-electron chi connectivity index (χ2n) is 12.0. The molecule has 5 rings (SSSR count). The summed E-state index contributed by atoms with van der Waals surface area (Å²) in [5.74, 6) is 0.654. The first-order valence-corrected chi connectivity index (χ1v) is 14.2. The largest absolute Gasteiger partial charge is 0.391 e. The van der Waals surface area contributed by atoms with Gasteiger partial charge in [0.25, 0.3) is 0 Å². The number of rotatable bonds is 6. The second kappa shape index (κ2) is 11.1. The Morgan fingerprint density at radius 3 is 2.31 bits per heavy atom. The molecule has 0 bridgehead atoms. The monoisotopic (exact) mass is 501 g/mol. The van der Waals surface area contributed by atoms with Crippen LogP contribution in [0, 0.1) is 23.7 Å². The molecule has 5 fully saturated rings. The zero-order valence-corrected chi connectivity index (χ0v) is 21.6. The van der Waals surface area contributed by atoms with E-state index in [-0.39, 0.29) is 12.2 Å². The maximum absolute atomic E-state index is 13.2. The summed E-state index contributed by atoms with van der Waals surface area (Å²) >= 11 is 0. The first-order chi connectivity index (χ1) is 16.9. The van der Waals surface area contributed by atoms with E-state index in [4.69, 9.17) is 9.47 Å². The zero-order chi connectivity index (χ0) is 24.6. The molecular weight excluding hydrogens is 455 g/mol. The molecule has 1 N–H and O–H groups in total. The van der Waals surface area contributed by atoms with Gasteiger partial charge >= 0.3 is 6.18 Å². The van der Waals surface area contributed by atoms with Gasteiger partial charge in [0.1, 0.15) is 0 Å². The van der Waals surface area contributed by atoms with E-state index < -0.39 is 12.1 Å². The molecule has 7 unspecified atom stereocenters. The topological polar surface area (TPSA) is 37.0 Å². The Morgan fingerprint density at radius 1 is 0.829 bits per heavy atom. The summed E-state index contributed by atoms with van der Waals surface area (Å²) in [4.78, 5) is 5.46. The van der Waals surface area contributed by atoms with Gasteiger partial charge in [-0.15, -0.1) is 0 Å². The Labute approximate surface area is 209 Å². The molecule has 3 aliphatic heterocycles. The summed E-state index contributed by atoms with van der Waals surface area (Å²) in [6, 6.07) is 1.07. The van der Waals surface area contributed by atoms with Crippen LogP contribution in [-0.2, 0) is 9.47 Å². The lowest BCUT2D eigenvalue weighted by Gasteiger charge is -2.47. The van der Waals surface area contributed by atoms with E-state index in [0.29, 0.717) is 48.8 Å². The summed E-state index contributed by atoms with van der Waals surface area (Å²) in [5.41, 5.74) is 0. The van der Waals surface area contributed by atoms with Crippen molar-refractivity contribution in [2.24, 2.45) is 23.7 Å². The number of nitrogens with zero attached hydrogens (tertiary/aromatic N) is 2. The summed E-state index contributed by atoms with van der Waals surface area (Å²) in [6.45, 7) is 4.45. The fourth-order valence-corrected chi connectivity index (χ4v) is 8.54. The van der Waals surface area contributed by atoms with E-state index in [1.807, 2.05) is 0 Å². The SMILES string of the molecule is COC1CCC(CN2CCC3C2NCCC3N2CCCC2C2CCC(C(F)(F)F)CC2)CC1OC. The number of fused-ring (bicyclic) bond motifs is 1. The molecule has 35 heavy (non-hydrogen) atoms. The molecule has 7 atom stereocenters. The summed E-state index contributed by atoms with van der Waals surface area (Å²) in [7, 11) is 3.60. The molecule has 5 aliphatic rings. The minimum atomic E-state index is -4.01. The number of hydrogen-bond acceptors (Lipinski definition) is 5. The molecule has 0 aromatic heterocycles. The van der Waals surface area contributed by atoms with Crippen molar-refractivity contribution in [3.8, 4) is 0 Å². The fraction of sp³-hybridized carbons (Fsp3) is 1.00. The van der Waals surface area contributed by atoms with Gasteiger partial charge in [0.15, 0.2) is 0 Å². The van der Waals surface area contributed by atoms with Crippen LogP contribution in [-0.4, -0.2) is 86.8 Å². The average molecular weight is 502 g/mol. The molecule has 0 amide bonds. The second-order valence-corrected chi connectivity index (χ2v) is 12.0. The molecule has 0 aromatic carbocycles. The van der Waals surface area contributed by atoms with Crippen LogP contribution < -0.4 is 5.32 Å². The summed E-state index contributed by atoms with van der Waals surface area (Å²) in [6.07, 6.45) is 7.14. The highest BCUT2D eigenvalue weighted by atomic mass is 19.4. The minimum absolute atomic E-state index is 0.196. The van der Waals surface area contributed by atoms with Gasteiger partial charge in [-0.3, -0.25) is 9.80 Å². The molecular formula is C27H46F3N3O2. The van der Waals surface area contributed by atoms with Crippen molar-refractivity contribution in [1.29, 1.82) is 0 Å². The first kappa shape index (κ1) is 26.2. The van der Waals surface area contributed by atoms with E-state index in [9.17, 15) is 13.2 Å². The number of likely N-dealkylation sites (tertiary alicyclic amines) is 2. The van der Waals surface area contributed by atoms with Crippen molar-refractivity contribution < 1.29 is 22.6 Å². The van der Waals surface area contributed by atoms with Crippen molar-refractivity contribution in [3.63, 3.8) is 0 Å². The fourth-order valence-electron chi connectivity index (χ4n) is 8.54.